The lowest BCUT2D eigenvalue weighted by Crippen LogP contribution is -2.19. The Kier molecular flexibility index (Phi) is 6.44. The topological polar surface area (TPSA) is 96.5 Å². The number of aryl methyl sites for hydroxylation is 1. The highest BCUT2D eigenvalue weighted by atomic mass is 16.5. The summed E-state index contributed by atoms with van der Waals surface area (Å²) in [5.74, 6) is -0.690. The third kappa shape index (κ3) is 5.45. The van der Waals surface area contributed by atoms with Gasteiger partial charge in [0.15, 0.2) is 0 Å². The average molecular weight is 403 g/mol. The summed E-state index contributed by atoms with van der Waals surface area (Å²) in [7, 11) is 1.29. The quantitative estimate of drug-likeness (QED) is 0.539. The summed E-state index contributed by atoms with van der Waals surface area (Å²) in [5.41, 5.74) is 3.53. The third-order valence-corrected chi connectivity index (χ3v) is 4.22. The number of hydrogen-bond donors (Lipinski definition) is 3. The van der Waals surface area contributed by atoms with Crippen molar-refractivity contribution in [1.29, 1.82) is 0 Å². The smallest absolute Gasteiger partial charge is 0.337 e. The van der Waals surface area contributed by atoms with Gasteiger partial charge in [0.2, 0.25) is 0 Å². The van der Waals surface area contributed by atoms with Gasteiger partial charge in [0.25, 0.3) is 5.91 Å². The molecule has 0 saturated carbocycles. The van der Waals surface area contributed by atoms with Gasteiger partial charge in [-0.2, -0.15) is 0 Å². The Hall–Kier alpha value is -4.13. The van der Waals surface area contributed by atoms with E-state index in [4.69, 9.17) is 0 Å². The maximum absolute atomic E-state index is 12.3. The van der Waals surface area contributed by atoms with E-state index in [-0.39, 0.29) is 5.91 Å². The molecule has 0 bridgehead atoms. The molecule has 0 radical (unpaired) electrons. The van der Waals surface area contributed by atoms with Crippen LogP contribution in [0.2, 0.25) is 0 Å². The summed E-state index contributed by atoms with van der Waals surface area (Å²) in [4.78, 5) is 36.1. The zero-order valence-corrected chi connectivity index (χ0v) is 16.6. The van der Waals surface area contributed by atoms with Gasteiger partial charge in [0.05, 0.1) is 12.7 Å². The number of methoxy groups -OCH3 is 1. The molecule has 30 heavy (non-hydrogen) atoms. The molecule has 3 aromatic carbocycles. The largest absolute Gasteiger partial charge is 0.465 e. The average Bonchev–Trinajstić information content (AvgIpc) is 2.74. The molecule has 0 aliphatic carbocycles. The highest BCUT2D eigenvalue weighted by Crippen LogP contribution is 2.16. The van der Waals surface area contributed by atoms with E-state index in [2.05, 4.69) is 20.7 Å². The molecule has 0 heterocycles. The predicted octanol–water partition coefficient (Wildman–Crippen LogP) is 4.68. The van der Waals surface area contributed by atoms with Crippen molar-refractivity contribution in [2.45, 2.75) is 6.92 Å². The van der Waals surface area contributed by atoms with Gasteiger partial charge in [0.1, 0.15) is 0 Å². The highest BCUT2D eigenvalue weighted by molar-refractivity contribution is 6.05. The third-order valence-electron chi connectivity index (χ3n) is 4.22. The van der Waals surface area contributed by atoms with Gasteiger partial charge in [-0.25, -0.2) is 9.59 Å². The molecule has 0 unspecified atom stereocenters. The summed E-state index contributed by atoms with van der Waals surface area (Å²) in [5, 5.41) is 8.17. The Balaban J connectivity index is 1.58. The van der Waals surface area contributed by atoms with Gasteiger partial charge >= 0.3 is 12.0 Å². The summed E-state index contributed by atoms with van der Waals surface area (Å²) >= 11 is 0. The van der Waals surface area contributed by atoms with Crippen LogP contribution in [-0.4, -0.2) is 25.0 Å². The number of benzene rings is 3. The van der Waals surface area contributed by atoms with Gasteiger partial charge in [-0.1, -0.05) is 23.8 Å². The number of hydrogen-bond acceptors (Lipinski definition) is 4. The summed E-state index contributed by atoms with van der Waals surface area (Å²) < 4.78 is 4.67. The molecule has 3 aromatic rings. The SMILES string of the molecule is COC(=O)c1cccc(NC(=O)Nc2ccc(NC(=O)c3cccc(C)c3)cc2)c1. The van der Waals surface area contributed by atoms with E-state index in [1.165, 1.54) is 13.2 Å². The van der Waals surface area contributed by atoms with Crippen molar-refractivity contribution < 1.29 is 19.1 Å². The van der Waals surface area contributed by atoms with Crippen LogP contribution in [0.5, 0.6) is 0 Å². The molecule has 3 N–H and O–H groups in total. The summed E-state index contributed by atoms with van der Waals surface area (Å²) in [6.45, 7) is 1.92. The fourth-order valence-electron chi connectivity index (χ4n) is 2.76. The molecular weight excluding hydrogens is 382 g/mol. The lowest BCUT2D eigenvalue weighted by Gasteiger charge is -2.10. The highest BCUT2D eigenvalue weighted by Gasteiger charge is 2.09. The molecule has 3 rings (SSSR count). The van der Waals surface area contributed by atoms with Crippen molar-refractivity contribution in [2.75, 3.05) is 23.1 Å². The number of nitrogens with one attached hydrogen (secondary N) is 3. The number of anilines is 3. The minimum absolute atomic E-state index is 0.206. The molecular formula is C23H21N3O4. The lowest BCUT2D eigenvalue weighted by molar-refractivity contribution is 0.0600. The second-order valence-corrected chi connectivity index (χ2v) is 6.55. The van der Waals surface area contributed by atoms with Crippen LogP contribution in [0.3, 0.4) is 0 Å². The van der Waals surface area contributed by atoms with Crippen LogP contribution in [0.4, 0.5) is 21.9 Å². The Bertz CT molecular complexity index is 1080. The van der Waals surface area contributed by atoms with Crippen LogP contribution in [0, 0.1) is 6.92 Å². The van der Waals surface area contributed by atoms with Crippen LogP contribution < -0.4 is 16.0 Å². The van der Waals surface area contributed by atoms with Crippen LogP contribution in [0.15, 0.2) is 72.8 Å². The molecule has 152 valence electrons. The van der Waals surface area contributed by atoms with E-state index in [1.807, 2.05) is 25.1 Å². The van der Waals surface area contributed by atoms with Crippen molar-refractivity contribution in [3.8, 4) is 0 Å². The molecule has 0 saturated heterocycles. The molecule has 0 atom stereocenters. The van der Waals surface area contributed by atoms with Gasteiger partial charge in [0, 0.05) is 22.6 Å². The van der Waals surface area contributed by atoms with Crippen LogP contribution in [-0.2, 0) is 4.74 Å². The number of urea groups is 1. The number of carbonyl (C=O) groups excluding carboxylic acids is 3. The Morgan fingerprint density at radius 3 is 1.97 bits per heavy atom. The maximum Gasteiger partial charge on any atom is 0.337 e. The molecule has 0 fully saturated rings. The van der Waals surface area contributed by atoms with Crippen molar-refractivity contribution in [3.05, 3.63) is 89.5 Å². The molecule has 0 spiro atoms. The fraction of sp³-hybridized carbons (Fsp3) is 0.0870. The van der Waals surface area contributed by atoms with Crippen molar-refractivity contribution >= 4 is 35.0 Å². The Labute approximate surface area is 174 Å². The van der Waals surface area contributed by atoms with Gasteiger partial charge in [-0.3, -0.25) is 4.79 Å². The lowest BCUT2D eigenvalue weighted by atomic mass is 10.1. The predicted molar refractivity (Wildman–Crippen MR) is 116 cm³/mol. The summed E-state index contributed by atoms with van der Waals surface area (Å²) in [6, 6.07) is 20.0. The fourth-order valence-corrected chi connectivity index (χ4v) is 2.76. The van der Waals surface area contributed by atoms with Crippen molar-refractivity contribution in [2.24, 2.45) is 0 Å². The normalized spacial score (nSPS) is 10.1. The van der Waals surface area contributed by atoms with E-state index in [0.717, 1.165) is 5.56 Å². The molecule has 0 aromatic heterocycles. The minimum atomic E-state index is -0.484. The number of esters is 1. The first-order valence-corrected chi connectivity index (χ1v) is 9.19. The number of amides is 3. The number of ether oxygens (including phenoxy) is 1. The first-order chi connectivity index (χ1) is 14.4. The second-order valence-electron chi connectivity index (χ2n) is 6.55. The first-order valence-electron chi connectivity index (χ1n) is 9.19. The molecule has 3 amide bonds. The van der Waals surface area contributed by atoms with Gasteiger partial charge in [-0.15, -0.1) is 0 Å². The van der Waals surface area contributed by atoms with Crippen LogP contribution in [0.25, 0.3) is 0 Å². The van der Waals surface area contributed by atoms with Gasteiger partial charge < -0.3 is 20.7 Å². The molecule has 0 aliphatic rings. The van der Waals surface area contributed by atoms with E-state index < -0.39 is 12.0 Å². The first kappa shape index (κ1) is 20.6. The maximum atomic E-state index is 12.3. The van der Waals surface area contributed by atoms with Crippen molar-refractivity contribution in [3.63, 3.8) is 0 Å². The monoisotopic (exact) mass is 403 g/mol. The number of rotatable bonds is 5. The van der Waals surface area contributed by atoms with Gasteiger partial charge in [-0.05, 0) is 61.5 Å². The molecule has 0 aliphatic heterocycles. The van der Waals surface area contributed by atoms with Crippen LogP contribution in [0.1, 0.15) is 26.3 Å². The zero-order chi connectivity index (χ0) is 21.5. The minimum Gasteiger partial charge on any atom is -0.465 e. The zero-order valence-electron chi connectivity index (χ0n) is 16.6. The van der Waals surface area contributed by atoms with E-state index >= 15 is 0 Å². The van der Waals surface area contributed by atoms with E-state index in [0.29, 0.717) is 28.2 Å². The van der Waals surface area contributed by atoms with Crippen LogP contribution >= 0.6 is 0 Å². The van der Waals surface area contributed by atoms with E-state index in [1.54, 1.807) is 48.5 Å². The number of carbonyl (C=O) groups is 3. The molecule has 7 heteroatoms. The van der Waals surface area contributed by atoms with Crippen molar-refractivity contribution in [1.82, 2.24) is 0 Å². The summed E-state index contributed by atoms with van der Waals surface area (Å²) in [6.07, 6.45) is 0. The Morgan fingerprint density at radius 2 is 1.30 bits per heavy atom. The standard InChI is InChI=1S/C23H21N3O4/c1-15-5-3-6-16(13-15)21(27)24-18-9-11-19(12-10-18)25-23(29)26-20-8-4-7-17(14-20)22(28)30-2/h3-14H,1-2H3,(H,24,27)(H2,25,26,29). The molecule has 7 nitrogen and oxygen atoms in total. The second kappa shape index (κ2) is 9.38. The Morgan fingerprint density at radius 1 is 0.700 bits per heavy atom. The van der Waals surface area contributed by atoms with E-state index in [9.17, 15) is 14.4 Å².